The van der Waals surface area contributed by atoms with Gasteiger partial charge in [0.1, 0.15) is 5.82 Å². The van der Waals surface area contributed by atoms with E-state index >= 15 is 0 Å². The summed E-state index contributed by atoms with van der Waals surface area (Å²) in [6, 6.07) is 3.88. The van der Waals surface area contributed by atoms with Crippen LogP contribution in [0.15, 0.2) is 18.3 Å². The monoisotopic (exact) mass is 226 g/mol. The second-order valence-corrected chi connectivity index (χ2v) is 5.05. The molecule has 2 heterocycles. The van der Waals surface area contributed by atoms with Gasteiger partial charge in [0.2, 0.25) is 0 Å². The minimum atomic E-state index is -0.266. The largest absolute Gasteiger partial charge is 0.297 e. The zero-order valence-corrected chi connectivity index (χ0v) is 9.63. The molecule has 0 aromatic carbocycles. The first-order chi connectivity index (χ1) is 7.25. The van der Waals surface area contributed by atoms with Crippen molar-refractivity contribution in [1.82, 2.24) is 9.88 Å². The van der Waals surface area contributed by atoms with Crippen LogP contribution >= 0.6 is 11.8 Å². The molecule has 0 unspecified atom stereocenters. The zero-order chi connectivity index (χ0) is 10.7. The summed E-state index contributed by atoms with van der Waals surface area (Å²) in [5, 5.41) is 0. The van der Waals surface area contributed by atoms with Crippen molar-refractivity contribution in [2.24, 2.45) is 0 Å². The van der Waals surface area contributed by atoms with Crippen molar-refractivity contribution in [1.29, 1.82) is 0 Å². The topological polar surface area (TPSA) is 16.1 Å². The van der Waals surface area contributed by atoms with E-state index in [9.17, 15) is 4.39 Å². The van der Waals surface area contributed by atoms with Crippen molar-refractivity contribution in [3.63, 3.8) is 0 Å². The molecule has 1 fully saturated rings. The number of hydrogen-bond acceptors (Lipinski definition) is 3. The Morgan fingerprint density at radius 1 is 1.60 bits per heavy atom. The van der Waals surface area contributed by atoms with Gasteiger partial charge in [-0.2, -0.15) is 11.8 Å². The first kappa shape index (κ1) is 10.9. The number of rotatable bonds is 3. The molecule has 0 N–H and O–H groups in total. The van der Waals surface area contributed by atoms with Crippen molar-refractivity contribution in [2.45, 2.75) is 19.0 Å². The predicted octanol–water partition coefficient (Wildman–Crippen LogP) is 2.16. The van der Waals surface area contributed by atoms with E-state index in [1.807, 2.05) is 11.8 Å². The van der Waals surface area contributed by atoms with Gasteiger partial charge in [-0.05, 0) is 31.4 Å². The lowest BCUT2D eigenvalue weighted by atomic mass is 10.2. The van der Waals surface area contributed by atoms with Crippen molar-refractivity contribution in [2.75, 3.05) is 18.6 Å². The molecule has 0 spiro atoms. The molecular weight excluding hydrogens is 211 g/mol. The van der Waals surface area contributed by atoms with Gasteiger partial charge in [0.05, 0.1) is 11.9 Å². The fraction of sp³-hybridized carbons (Fsp3) is 0.545. The number of pyridine rings is 1. The molecule has 15 heavy (non-hydrogen) atoms. The van der Waals surface area contributed by atoms with Gasteiger partial charge >= 0.3 is 0 Å². The summed E-state index contributed by atoms with van der Waals surface area (Å²) >= 11 is 2.00. The molecule has 1 saturated heterocycles. The summed E-state index contributed by atoms with van der Waals surface area (Å²) in [5.74, 6) is 2.20. The second kappa shape index (κ2) is 4.94. The first-order valence-electron chi connectivity index (χ1n) is 5.14. The summed E-state index contributed by atoms with van der Waals surface area (Å²) < 4.78 is 12.6. The van der Waals surface area contributed by atoms with Crippen LogP contribution in [0.1, 0.15) is 12.1 Å². The van der Waals surface area contributed by atoms with E-state index in [1.54, 1.807) is 6.07 Å². The third kappa shape index (κ3) is 2.92. The van der Waals surface area contributed by atoms with Crippen LogP contribution in [0.4, 0.5) is 4.39 Å². The molecule has 2 rings (SSSR count). The standard InChI is InChI=1S/C11H15FN2S/c1-14(11-4-5-15-8-11)7-10-3-2-9(12)6-13-10/h2-3,6,11H,4-5,7-8H2,1H3/t11-/m1/s1. The van der Waals surface area contributed by atoms with Crippen LogP contribution in [0.3, 0.4) is 0 Å². The van der Waals surface area contributed by atoms with E-state index in [2.05, 4.69) is 16.9 Å². The third-order valence-electron chi connectivity index (χ3n) is 2.73. The summed E-state index contributed by atoms with van der Waals surface area (Å²) in [5.41, 5.74) is 0.941. The number of thioether (sulfide) groups is 1. The molecule has 1 aliphatic rings. The normalized spacial score (nSPS) is 21.1. The van der Waals surface area contributed by atoms with Crippen molar-refractivity contribution in [3.8, 4) is 0 Å². The number of hydrogen-bond donors (Lipinski definition) is 0. The highest BCUT2D eigenvalue weighted by molar-refractivity contribution is 7.99. The molecule has 0 aliphatic carbocycles. The summed E-state index contributed by atoms with van der Waals surface area (Å²) in [6.45, 7) is 0.811. The molecule has 82 valence electrons. The Balaban J connectivity index is 1.92. The van der Waals surface area contributed by atoms with Crippen LogP contribution in [0.25, 0.3) is 0 Å². The van der Waals surface area contributed by atoms with Gasteiger partial charge in [-0.25, -0.2) is 4.39 Å². The molecule has 0 amide bonds. The Morgan fingerprint density at radius 3 is 3.07 bits per heavy atom. The van der Waals surface area contributed by atoms with Gasteiger partial charge in [-0.15, -0.1) is 0 Å². The van der Waals surface area contributed by atoms with Crippen LogP contribution in [0.5, 0.6) is 0 Å². The average Bonchev–Trinajstić information content (AvgIpc) is 2.74. The second-order valence-electron chi connectivity index (χ2n) is 3.90. The lowest BCUT2D eigenvalue weighted by Gasteiger charge is -2.22. The minimum Gasteiger partial charge on any atom is -0.297 e. The highest BCUT2D eigenvalue weighted by Gasteiger charge is 2.19. The molecule has 4 heteroatoms. The van der Waals surface area contributed by atoms with Gasteiger partial charge in [0.15, 0.2) is 0 Å². The van der Waals surface area contributed by atoms with E-state index < -0.39 is 0 Å². The molecule has 1 aliphatic heterocycles. The molecule has 1 atom stereocenters. The van der Waals surface area contributed by atoms with Crippen molar-refractivity contribution >= 4 is 11.8 Å². The molecular formula is C11H15FN2S. The Bertz CT molecular complexity index is 309. The zero-order valence-electron chi connectivity index (χ0n) is 8.82. The summed E-state index contributed by atoms with van der Waals surface area (Å²) in [6.07, 6.45) is 2.54. The van der Waals surface area contributed by atoms with E-state index in [0.717, 1.165) is 12.2 Å². The summed E-state index contributed by atoms with van der Waals surface area (Å²) in [4.78, 5) is 6.37. The lowest BCUT2D eigenvalue weighted by molar-refractivity contribution is 0.251. The van der Waals surface area contributed by atoms with Gasteiger partial charge < -0.3 is 0 Å². The molecule has 0 bridgehead atoms. The Labute approximate surface area is 93.9 Å². The van der Waals surface area contributed by atoms with Crippen molar-refractivity contribution < 1.29 is 4.39 Å². The lowest BCUT2D eigenvalue weighted by Crippen LogP contribution is -2.31. The molecule has 1 aromatic rings. The minimum absolute atomic E-state index is 0.266. The SMILES string of the molecule is CN(Cc1ccc(F)cn1)[C@@H]1CCSC1. The van der Waals surface area contributed by atoms with Crippen LogP contribution in [-0.4, -0.2) is 34.5 Å². The fourth-order valence-corrected chi connectivity index (χ4v) is 3.05. The molecule has 1 aromatic heterocycles. The van der Waals surface area contributed by atoms with Crippen LogP contribution in [0, 0.1) is 5.82 Å². The van der Waals surface area contributed by atoms with Gasteiger partial charge in [-0.3, -0.25) is 9.88 Å². The van der Waals surface area contributed by atoms with Gasteiger partial charge in [0, 0.05) is 18.3 Å². The quantitative estimate of drug-likeness (QED) is 0.785. The highest BCUT2D eigenvalue weighted by Crippen LogP contribution is 2.22. The highest BCUT2D eigenvalue weighted by atomic mass is 32.2. The van der Waals surface area contributed by atoms with Gasteiger partial charge in [0.25, 0.3) is 0 Å². The van der Waals surface area contributed by atoms with E-state index in [4.69, 9.17) is 0 Å². The van der Waals surface area contributed by atoms with Crippen LogP contribution in [0.2, 0.25) is 0 Å². The number of aromatic nitrogens is 1. The Hall–Kier alpha value is -0.610. The Morgan fingerprint density at radius 2 is 2.47 bits per heavy atom. The van der Waals surface area contributed by atoms with E-state index in [0.29, 0.717) is 6.04 Å². The smallest absolute Gasteiger partial charge is 0.141 e. The first-order valence-corrected chi connectivity index (χ1v) is 6.29. The van der Waals surface area contributed by atoms with Crippen LogP contribution in [-0.2, 0) is 6.54 Å². The fourth-order valence-electron chi connectivity index (χ4n) is 1.75. The third-order valence-corrected chi connectivity index (χ3v) is 3.87. The van der Waals surface area contributed by atoms with E-state index in [1.165, 1.54) is 30.2 Å². The maximum Gasteiger partial charge on any atom is 0.141 e. The summed E-state index contributed by atoms with van der Waals surface area (Å²) in [7, 11) is 2.11. The Kier molecular flexibility index (Phi) is 3.59. The molecule has 0 saturated carbocycles. The maximum absolute atomic E-state index is 12.6. The molecule has 0 radical (unpaired) electrons. The van der Waals surface area contributed by atoms with Crippen LogP contribution < -0.4 is 0 Å². The number of nitrogens with zero attached hydrogens (tertiary/aromatic N) is 2. The maximum atomic E-state index is 12.6. The van der Waals surface area contributed by atoms with E-state index in [-0.39, 0.29) is 5.82 Å². The average molecular weight is 226 g/mol. The van der Waals surface area contributed by atoms with Gasteiger partial charge in [-0.1, -0.05) is 0 Å². The number of halogens is 1. The molecule has 2 nitrogen and oxygen atoms in total. The van der Waals surface area contributed by atoms with Crippen molar-refractivity contribution in [3.05, 3.63) is 29.8 Å². The predicted molar refractivity (Wildman–Crippen MR) is 61.4 cm³/mol.